The van der Waals surface area contributed by atoms with Gasteiger partial charge in [0.05, 0.1) is 12.6 Å². The molecule has 0 saturated carbocycles. The topological polar surface area (TPSA) is 111 Å². The van der Waals surface area contributed by atoms with Gasteiger partial charge < -0.3 is 21.5 Å². The lowest BCUT2D eigenvalue weighted by Crippen LogP contribution is -2.35. The average molecular weight is 326 g/mol. The van der Waals surface area contributed by atoms with Gasteiger partial charge in [-0.2, -0.15) is 0 Å². The van der Waals surface area contributed by atoms with E-state index in [1.54, 1.807) is 36.4 Å². The van der Waals surface area contributed by atoms with E-state index < -0.39 is 6.10 Å². The van der Waals surface area contributed by atoms with E-state index in [1.807, 2.05) is 18.2 Å². The van der Waals surface area contributed by atoms with Crippen LogP contribution in [-0.4, -0.2) is 42.5 Å². The largest absolute Gasteiger partial charge is 0.390 e. The minimum Gasteiger partial charge on any atom is -0.390 e. The molecule has 1 atom stereocenters. The summed E-state index contributed by atoms with van der Waals surface area (Å²) in [5.74, 6) is 0.0180. The van der Waals surface area contributed by atoms with Crippen LogP contribution in [0.1, 0.15) is 15.9 Å². The van der Waals surface area contributed by atoms with Gasteiger partial charge in [-0.1, -0.05) is 30.3 Å². The lowest BCUT2D eigenvalue weighted by atomic mass is 10.1. The Morgan fingerprint density at radius 3 is 2.33 bits per heavy atom. The molecule has 0 radical (unpaired) electrons. The van der Waals surface area contributed by atoms with Crippen LogP contribution in [0.4, 0.5) is 5.69 Å². The maximum absolute atomic E-state index is 11.9. The SMILES string of the molecule is N=C(N)c1ccc(NCC(O)CNCC(=O)c2ccccc2)cc1. The van der Waals surface area contributed by atoms with E-state index in [-0.39, 0.29) is 18.2 Å². The highest BCUT2D eigenvalue weighted by atomic mass is 16.3. The van der Waals surface area contributed by atoms with Crippen LogP contribution in [0.25, 0.3) is 0 Å². The minimum absolute atomic E-state index is 0.00409. The van der Waals surface area contributed by atoms with Gasteiger partial charge in [-0.15, -0.1) is 0 Å². The summed E-state index contributed by atoms with van der Waals surface area (Å²) in [7, 11) is 0. The molecule has 2 aromatic rings. The van der Waals surface area contributed by atoms with E-state index >= 15 is 0 Å². The van der Waals surface area contributed by atoms with E-state index in [4.69, 9.17) is 11.1 Å². The van der Waals surface area contributed by atoms with Crippen molar-refractivity contribution in [2.45, 2.75) is 6.10 Å². The second kappa shape index (κ2) is 8.81. The van der Waals surface area contributed by atoms with Gasteiger partial charge in [-0.3, -0.25) is 10.2 Å². The molecule has 6 nitrogen and oxygen atoms in total. The molecule has 0 aliphatic carbocycles. The zero-order valence-corrected chi connectivity index (χ0v) is 13.3. The van der Waals surface area contributed by atoms with E-state index in [1.165, 1.54) is 0 Å². The first-order chi connectivity index (χ1) is 11.6. The van der Waals surface area contributed by atoms with Crippen LogP contribution in [0, 0.1) is 5.41 Å². The third kappa shape index (κ3) is 5.49. The van der Waals surface area contributed by atoms with Crippen molar-refractivity contribution in [3.63, 3.8) is 0 Å². The summed E-state index contributed by atoms with van der Waals surface area (Å²) in [4.78, 5) is 11.9. The normalized spacial score (nSPS) is 11.7. The van der Waals surface area contributed by atoms with Crippen LogP contribution in [0.3, 0.4) is 0 Å². The summed E-state index contributed by atoms with van der Waals surface area (Å²) in [5, 5.41) is 23.3. The summed E-state index contributed by atoms with van der Waals surface area (Å²) in [5.41, 5.74) is 7.54. The molecule has 0 aliphatic heterocycles. The molecule has 0 aliphatic rings. The van der Waals surface area contributed by atoms with Gasteiger partial charge >= 0.3 is 0 Å². The Morgan fingerprint density at radius 2 is 1.71 bits per heavy atom. The Kier molecular flexibility index (Phi) is 6.48. The predicted molar refractivity (Wildman–Crippen MR) is 95.6 cm³/mol. The Balaban J connectivity index is 1.69. The van der Waals surface area contributed by atoms with E-state index in [0.29, 0.717) is 24.2 Å². The van der Waals surface area contributed by atoms with Crippen LogP contribution in [0.15, 0.2) is 54.6 Å². The van der Waals surface area contributed by atoms with Crippen molar-refractivity contribution in [1.29, 1.82) is 5.41 Å². The number of nitrogen functional groups attached to an aromatic ring is 1. The first-order valence-electron chi connectivity index (χ1n) is 7.71. The van der Waals surface area contributed by atoms with Crippen molar-refractivity contribution in [1.82, 2.24) is 5.32 Å². The van der Waals surface area contributed by atoms with Crippen LogP contribution < -0.4 is 16.4 Å². The number of hydrogen-bond acceptors (Lipinski definition) is 5. The summed E-state index contributed by atoms with van der Waals surface area (Å²) < 4.78 is 0. The maximum atomic E-state index is 11.9. The molecule has 0 spiro atoms. The highest BCUT2D eigenvalue weighted by molar-refractivity contribution is 5.97. The number of benzene rings is 2. The molecule has 1 unspecified atom stereocenters. The number of rotatable bonds is 9. The molecule has 126 valence electrons. The van der Waals surface area contributed by atoms with E-state index in [2.05, 4.69) is 10.6 Å². The van der Waals surface area contributed by atoms with Gasteiger partial charge in [0.1, 0.15) is 5.84 Å². The Labute approximate surface area is 141 Å². The Hall–Kier alpha value is -2.70. The third-order valence-electron chi connectivity index (χ3n) is 3.50. The van der Waals surface area contributed by atoms with Crippen LogP contribution in [0.5, 0.6) is 0 Å². The van der Waals surface area contributed by atoms with Crippen molar-refractivity contribution in [2.75, 3.05) is 25.0 Å². The number of hydrogen-bond donors (Lipinski definition) is 5. The maximum Gasteiger partial charge on any atom is 0.176 e. The second-order valence-corrected chi connectivity index (χ2v) is 5.45. The molecule has 0 heterocycles. The number of carbonyl (C=O) groups is 1. The molecule has 2 rings (SSSR count). The van der Waals surface area contributed by atoms with Crippen molar-refractivity contribution >= 4 is 17.3 Å². The fraction of sp³-hybridized carbons (Fsp3) is 0.222. The summed E-state index contributed by atoms with van der Waals surface area (Å²) in [6.45, 7) is 0.859. The number of aliphatic hydroxyl groups is 1. The van der Waals surface area contributed by atoms with Gasteiger partial charge in [0, 0.05) is 29.9 Å². The highest BCUT2D eigenvalue weighted by Gasteiger charge is 2.07. The van der Waals surface area contributed by atoms with Crippen molar-refractivity contribution in [3.05, 3.63) is 65.7 Å². The predicted octanol–water partition coefficient (Wildman–Crippen LogP) is 1.22. The summed E-state index contributed by atoms with van der Waals surface area (Å²) in [6.07, 6.45) is -0.624. The standard InChI is InChI=1S/C18H22N4O2/c19-18(20)14-6-8-15(9-7-14)22-11-16(23)10-21-12-17(24)13-4-2-1-3-5-13/h1-9,16,21-23H,10-12H2,(H3,19,20). The average Bonchev–Trinajstić information content (AvgIpc) is 2.61. The van der Waals surface area contributed by atoms with Gasteiger partial charge in [-0.05, 0) is 24.3 Å². The minimum atomic E-state index is -0.624. The third-order valence-corrected chi connectivity index (χ3v) is 3.50. The lowest BCUT2D eigenvalue weighted by molar-refractivity contribution is 0.0984. The first-order valence-corrected chi connectivity index (χ1v) is 7.71. The quantitative estimate of drug-likeness (QED) is 0.270. The molecule has 0 saturated heterocycles. The molecule has 0 bridgehead atoms. The van der Waals surface area contributed by atoms with Crippen LogP contribution in [0.2, 0.25) is 0 Å². The summed E-state index contributed by atoms with van der Waals surface area (Å²) >= 11 is 0. The fourth-order valence-corrected chi connectivity index (χ4v) is 2.15. The smallest absolute Gasteiger partial charge is 0.176 e. The number of nitrogens with two attached hydrogens (primary N) is 1. The molecule has 0 fully saturated rings. The van der Waals surface area contributed by atoms with Crippen LogP contribution >= 0.6 is 0 Å². The molecule has 0 amide bonds. The summed E-state index contributed by atoms with van der Waals surface area (Å²) in [6, 6.07) is 16.1. The Bertz CT molecular complexity index is 671. The lowest BCUT2D eigenvalue weighted by Gasteiger charge is -2.14. The highest BCUT2D eigenvalue weighted by Crippen LogP contribution is 2.09. The fourth-order valence-electron chi connectivity index (χ4n) is 2.15. The molecule has 6 heteroatoms. The number of nitrogens with one attached hydrogen (secondary N) is 3. The Morgan fingerprint density at radius 1 is 1.04 bits per heavy atom. The molecule has 0 aromatic heterocycles. The van der Waals surface area contributed by atoms with Gasteiger partial charge in [-0.25, -0.2) is 0 Å². The van der Waals surface area contributed by atoms with E-state index in [0.717, 1.165) is 5.69 Å². The number of amidine groups is 1. The van der Waals surface area contributed by atoms with Crippen molar-refractivity contribution < 1.29 is 9.90 Å². The zero-order valence-electron chi connectivity index (χ0n) is 13.3. The zero-order chi connectivity index (χ0) is 17.4. The number of carbonyl (C=O) groups excluding carboxylic acids is 1. The number of ketones is 1. The second-order valence-electron chi connectivity index (χ2n) is 5.45. The van der Waals surface area contributed by atoms with Crippen molar-refractivity contribution in [3.8, 4) is 0 Å². The van der Waals surface area contributed by atoms with Gasteiger partial charge in [0.15, 0.2) is 5.78 Å². The number of aliphatic hydroxyl groups excluding tert-OH is 1. The molecule has 6 N–H and O–H groups in total. The number of Topliss-reactive ketones (excluding diaryl/α,β-unsaturated/α-hetero) is 1. The van der Waals surface area contributed by atoms with Crippen LogP contribution in [-0.2, 0) is 0 Å². The van der Waals surface area contributed by atoms with Gasteiger partial charge in [0.2, 0.25) is 0 Å². The molecular formula is C18H22N4O2. The monoisotopic (exact) mass is 326 g/mol. The van der Waals surface area contributed by atoms with Crippen molar-refractivity contribution in [2.24, 2.45) is 5.73 Å². The molecule has 2 aromatic carbocycles. The first kappa shape index (κ1) is 17.7. The molecular weight excluding hydrogens is 304 g/mol. The molecule has 24 heavy (non-hydrogen) atoms. The van der Waals surface area contributed by atoms with E-state index in [9.17, 15) is 9.90 Å². The number of anilines is 1. The van der Waals surface area contributed by atoms with Gasteiger partial charge in [0.25, 0.3) is 0 Å².